The van der Waals surface area contributed by atoms with Crippen molar-refractivity contribution in [2.24, 2.45) is 5.92 Å². The van der Waals surface area contributed by atoms with Gasteiger partial charge in [-0.25, -0.2) is 0 Å². The summed E-state index contributed by atoms with van der Waals surface area (Å²) >= 11 is 0. The molecule has 1 saturated heterocycles. The van der Waals surface area contributed by atoms with Gasteiger partial charge < -0.3 is 20.9 Å². The van der Waals surface area contributed by atoms with Gasteiger partial charge in [-0.05, 0) is 55.2 Å². The van der Waals surface area contributed by atoms with Gasteiger partial charge >= 0.3 is 0 Å². The Hall–Kier alpha value is -3.35. The van der Waals surface area contributed by atoms with Gasteiger partial charge in [0.15, 0.2) is 0 Å². The van der Waals surface area contributed by atoms with Crippen molar-refractivity contribution >= 4 is 34.8 Å². The fourth-order valence-corrected chi connectivity index (χ4v) is 3.47. The number of hydrogen-bond acceptors (Lipinski definition) is 4. The lowest BCUT2D eigenvalue weighted by atomic mass is 9.98. The van der Waals surface area contributed by atoms with E-state index in [0.29, 0.717) is 29.3 Å². The van der Waals surface area contributed by atoms with Crippen LogP contribution in [-0.2, 0) is 9.59 Å². The van der Waals surface area contributed by atoms with Gasteiger partial charge in [-0.2, -0.15) is 0 Å². The monoisotopic (exact) mass is 422 g/mol. The van der Waals surface area contributed by atoms with Crippen molar-refractivity contribution in [2.75, 3.05) is 35.6 Å². The number of likely N-dealkylation sites (tertiary alicyclic amines) is 1. The van der Waals surface area contributed by atoms with E-state index in [0.717, 1.165) is 31.6 Å². The number of benzene rings is 2. The van der Waals surface area contributed by atoms with E-state index in [-0.39, 0.29) is 24.3 Å². The van der Waals surface area contributed by atoms with E-state index in [1.807, 2.05) is 17.0 Å². The van der Waals surface area contributed by atoms with Crippen molar-refractivity contribution in [3.8, 4) is 0 Å². The molecule has 1 heterocycles. The third-order valence-electron chi connectivity index (χ3n) is 5.38. The Morgan fingerprint density at radius 3 is 2.23 bits per heavy atom. The molecule has 0 aliphatic carbocycles. The van der Waals surface area contributed by atoms with Crippen molar-refractivity contribution in [2.45, 2.75) is 33.1 Å². The van der Waals surface area contributed by atoms with Crippen LogP contribution in [0.25, 0.3) is 0 Å². The molecule has 2 aromatic rings. The summed E-state index contributed by atoms with van der Waals surface area (Å²) in [5.74, 6) is 0.376. The van der Waals surface area contributed by atoms with Gasteiger partial charge in [-0.15, -0.1) is 0 Å². The lowest BCUT2D eigenvalue weighted by molar-refractivity contribution is -0.116. The standard InChI is InChI=1S/C24H30N4O3/c1-3-22(29)26-21-9-5-7-19(15-21)25-16-23(30)27-20-8-4-6-18(14-20)24(31)28-12-10-17(2)11-13-28/h4-9,14-15,17,25H,3,10-13,16H2,1-2H3,(H,26,29)(H,27,30). The Morgan fingerprint density at radius 2 is 1.52 bits per heavy atom. The summed E-state index contributed by atoms with van der Waals surface area (Å²) in [5, 5.41) is 8.67. The highest BCUT2D eigenvalue weighted by Crippen LogP contribution is 2.20. The second-order valence-electron chi connectivity index (χ2n) is 7.94. The fraction of sp³-hybridized carbons (Fsp3) is 0.375. The van der Waals surface area contributed by atoms with Crippen molar-refractivity contribution in [3.05, 3.63) is 54.1 Å². The quantitative estimate of drug-likeness (QED) is 0.630. The molecule has 2 aromatic carbocycles. The zero-order chi connectivity index (χ0) is 22.2. The maximum Gasteiger partial charge on any atom is 0.253 e. The van der Waals surface area contributed by atoms with Crippen molar-refractivity contribution < 1.29 is 14.4 Å². The van der Waals surface area contributed by atoms with Gasteiger partial charge in [-0.1, -0.05) is 26.0 Å². The second kappa shape index (κ2) is 10.6. The molecule has 0 radical (unpaired) electrons. The third kappa shape index (κ3) is 6.57. The molecule has 0 unspecified atom stereocenters. The summed E-state index contributed by atoms with van der Waals surface area (Å²) in [6, 6.07) is 14.3. The van der Waals surface area contributed by atoms with Crippen LogP contribution in [0.15, 0.2) is 48.5 Å². The fourth-order valence-electron chi connectivity index (χ4n) is 3.47. The van der Waals surface area contributed by atoms with Crippen molar-refractivity contribution in [1.29, 1.82) is 0 Å². The average molecular weight is 423 g/mol. The number of rotatable bonds is 7. The summed E-state index contributed by atoms with van der Waals surface area (Å²) < 4.78 is 0. The normalized spacial score (nSPS) is 14.1. The molecule has 0 atom stereocenters. The topological polar surface area (TPSA) is 90.5 Å². The van der Waals surface area contributed by atoms with Crippen LogP contribution in [0.4, 0.5) is 17.1 Å². The van der Waals surface area contributed by atoms with Crippen LogP contribution in [0.2, 0.25) is 0 Å². The highest BCUT2D eigenvalue weighted by Gasteiger charge is 2.21. The van der Waals surface area contributed by atoms with E-state index in [9.17, 15) is 14.4 Å². The van der Waals surface area contributed by atoms with Gasteiger partial charge in [0.05, 0.1) is 6.54 Å². The molecule has 3 N–H and O–H groups in total. The van der Waals surface area contributed by atoms with E-state index in [1.165, 1.54) is 0 Å². The molecule has 0 bridgehead atoms. The summed E-state index contributed by atoms with van der Waals surface area (Å²) in [7, 11) is 0. The van der Waals surface area contributed by atoms with Crippen LogP contribution in [0.1, 0.15) is 43.5 Å². The van der Waals surface area contributed by atoms with Crippen molar-refractivity contribution in [3.63, 3.8) is 0 Å². The van der Waals surface area contributed by atoms with E-state index >= 15 is 0 Å². The molecule has 7 nitrogen and oxygen atoms in total. The molecule has 31 heavy (non-hydrogen) atoms. The van der Waals surface area contributed by atoms with Gasteiger partial charge in [0.25, 0.3) is 5.91 Å². The largest absolute Gasteiger partial charge is 0.376 e. The predicted molar refractivity (Wildman–Crippen MR) is 123 cm³/mol. The molecule has 0 saturated carbocycles. The molecule has 0 aromatic heterocycles. The molecule has 3 amide bonds. The number of nitrogens with zero attached hydrogens (tertiary/aromatic N) is 1. The molecule has 1 aliphatic heterocycles. The van der Waals surface area contributed by atoms with Crippen molar-refractivity contribution in [1.82, 2.24) is 4.90 Å². The first-order valence-corrected chi connectivity index (χ1v) is 10.8. The molecular weight excluding hydrogens is 392 g/mol. The summed E-state index contributed by atoms with van der Waals surface area (Å²) in [6.45, 7) is 5.62. The SMILES string of the molecule is CCC(=O)Nc1cccc(NCC(=O)Nc2cccc(C(=O)N3CCC(C)CC3)c2)c1. The minimum Gasteiger partial charge on any atom is -0.376 e. The number of nitrogens with one attached hydrogen (secondary N) is 3. The Morgan fingerprint density at radius 1 is 0.903 bits per heavy atom. The maximum absolute atomic E-state index is 12.8. The Balaban J connectivity index is 1.54. The second-order valence-corrected chi connectivity index (χ2v) is 7.94. The highest BCUT2D eigenvalue weighted by molar-refractivity contribution is 5.98. The van der Waals surface area contributed by atoms with E-state index in [2.05, 4.69) is 22.9 Å². The summed E-state index contributed by atoms with van der Waals surface area (Å²) in [5.41, 5.74) is 2.58. The minimum absolute atomic E-state index is 0.00654. The zero-order valence-corrected chi connectivity index (χ0v) is 18.1. The molecule has 1 aliphatic rings. The number of hydrogen-bond donors (Lipinski definition) is 3. The number of carbonyl (C=O) groups is 3. The lowest BCUT2D eigenvalue weighted by Gasteiger charge is -2.30. The highest BCUT2D eigenvalue weighted by atomic mass is 16.2. The summed E-state index contributed by atoms with van der Waals surface area (Å²) in [6.07, 6.45) is 2.45. The van der Waals surface area contributed by atoms with Crippen LogP contribution in [0.5, 0.6) is 0 Å². The molecule has 164 valence electrons. The van der Waals surface area contributed by atoms with Crippen LogP contribution in [0.3, 0.4) is 0 Å². The number of amides is 3. The van der Waals surface area contributed by atoms with E-state index in [4.69, 9.17) is 0 Å². The Kier molecular flexibility index (Phi) is 7.65. The van der Waals surface area contributed by atoms with Gasteiger partial charge in [-0.3, -0.25) is 14.4 Å². The van der Waals surface area contributed by atoms with Crippen LogP contribution in [-0.4, -0.2) is 42.3 Å². The number of piperidine rings is 1. The average Bonchev–Trinajstić information content (AvgIpc) is 2.78. The zero-order valence-electron chi connectivity index (χ0n) is 18.1. The minimum atomic E-state index is -0.223. The molecule has 7 heteroatoms. The van der Waals surface area contributed by atoms with Gasteiger partial charge in [0.2, 0.25) is 11.8 Å². The van der Waals surface area contributed by atoms with E-state index < -0.39 is 0 Å². The predicted octanol–water partition coefficient (Wildman–Crippen LogP) is 3.96. The Labute approximate surface area is 183 Å². The lowest BCUT2D eigenvalue weighted by Crippen LogP contribution is -2.37. The smallest absolute Gasteiger partial charge is 0.253 e. The first kappa shape index (κ1) is 22.3. The van der Waals surface area contributed by atoms with E-state index in [1.54, 1.807) is 43.3 Å². The van der Waals surface area contributed by atoms with Gasteiger partial charge in [0.1, 0.15) is 0 Å². The number of carbonyl (C=O) groups excluding carboxylic acids is 3. The first-order valence-electron chi connectivity index (χ1n) is 10.8. The first-order chi connectivity index (χ1) is 14.9. The molecular formula is C24H30N4O3. The van der Waals surface area contributed by atoms with Crippen LogP contribution in [0, 0.1) is 5.92 Å². The molecule has 1 fully saturated rings. The Bertz CT molecular complexity index is 936. The molecule has 0 spiro atoms. The summed E-state index contributed by atoms with van der Waals surface area (Å²) in [4.78, 5) is 38.5. The van der Waals surface area contributed by atoms with Crippen LogP contribution >= 0.6 is 0 Å². The molecule has 3 rings (SSSR count). The number of anilines is 3. The third-order valence-corrected chi connectivity index (χ3v) is 5.38. The maximum atomic E-state index is 12.8. The van der Waals surface area contributed by atoms with Crippen LogP contribution < -0.4 is 16.0 Å². The van der Waals surface area contributed by atoms with Gasteiger partial charge in [0, 0.05) is 42.1 Å².